The summed E-state index contributed by atoms with van der Waals surface area (Å²) >= 11 is 0. The second-order valence-electron chi connectivity index (χ2n) is 4.90. The molecular weight excluding hydrogens is 245 g/mol. The maximum Gasteiger partial charge on any atom is 0.227 e. The van der Waals surface area contributed by atoms with Crippen molar-refractivity contribution in [3.05, 3.63) is 30.1 Å². The van der Waals surface area contributed by atoms with Gasteiger partial charge in [-0.1, -0.05) is 6.07 Å². The van der Waals surface area contributed by atoms with Gasteiger partial charge < -0.3 is 16.0 Å². The van der Waals surface area contributed by atoms with Crippen molar-refractivity contribution in [2.24, 2.45) is 11.7 Å². The zero-order valence-electron chi connectivity index (χ0n) is 10.9. The van der Waals surface area contributed by atoms with Gasteiger partial charge in [-0.3, -0.25) is 4.79 Å². The van der Waals surface area contributed by atoms with Crippen LogP contribution in [0.5, 0.6) is 0 Å². The lowest BCUT2D eigenvalue weighted by atomic mass is 9.96. The Labute approximate surface area is 112 Å². The molecule has 4 nitrogen and oxygen atoms in total. The van der Waals surface area contributed by atoms with Gasteiger partial charge in [-0.25, -0.2) is 4.39 Å². The Balaban J connectivity index is 1.84. The maximum absolute atomic E-state index is 13.0. The minimum atomic E-state index is -0.337. The fourth-order valence-electron chi connectivity index (χ4n) is 2.41. The van der Waals surface area contributed by atoms with Crippen LogP contribution in [0, 0.1) is 11.7 Å². The highest BCUT2D eigenvalue weighted by atomic mass is 19.1. The first-order chi connectivity index (χ1) is 9.19. The van der Waals surface area contributed by atoms with Crippen molar-refractivity contribution in [2.75, 3.05) is 31.5 Å². The van der Waals surface area contributed by atoms with E-state index in [1.165, 1.54) is 12.1 Å². The number of carbonyl (C=O) groups is 1. The third-order valence-electron chi connectivity index (χ3n) is 3.50. The van der Waals surface area contributed by atoms with Crippen molar-refractivity contribution in [1.29, 1.82) is 0 Å². The number of rotatable bonds is 4. The largest absolute Gasteiger partial charge is 0.329 e. The molecule has 0 saturated carbocycles. The summed E-state index contributed by atoms with van der Waals surface area (Å²) in [6, 6.07) is 5.99. The van der Waals surface area contributed by atoms with Crippen LogP contribution in [0.25, 0.3) is 0 Å². The van der Waals surface area contributed by atoms with E-state index in [2.05, 4.69) is 10.2 Å². The number of amides is 1. The number of carbonyl (C=O) groups excluding carboxylic acids is 1. The molecule has 0 bridgehead atoms. The van der Waals surface area contributed by atoms with Crippen molar-refractivity contribution in [3.63, 3.8) is 0 Å². The molecule has 0 aliphatic carbocycles. The van der Waals surface area contributed by atoms with E-state index in [0.29, 0.717) is 12.2 Å². The van der Waals surface area contributed by atoms with Crippen molar-refractivity contribution in [2.45, 2.75) is 12.8 Å². The monoisotopic (exact) mass is 265 g/mol. The molecule has 1 aliphatic rings. The first kappa shape index (κ1) is 14.0. The summed E-state index contributed by atoms with van der Waals surface area (Å²) in [7, 11) is 0. The third-order valence-corrected chi connectivity index (χ3v) is 3.50. The van der Waals surface area contributed by atoms with E-state index in [1.807, 2.05) is 0 Å². The first-order valence-electron chi connectivity index (χ1n) is 6.68. The first-order valence-corrected chi connectivity index (χ1v) is 6.68. The highest BCUT2D eigenvalue weighted by Crippen LogP contribution is 2.19. The second kappa shape index (κ2) is 6.63. The highest BCUT2D eigenvalue weighted by Gasteiger charge is 2.24. The quantitative estimate of drug-likeness (QED) is 0.866. The van der Waals surface area contributed by atoms with Crippen LogP contribution in [0.2, 0.25) is 0 Å². The lowest BCUT2D eigenvalue weighted by Gasteiger charge is -2.30. The summed E-state index contributed by atoms with van der Waals surface area (Å²) in [5.74, 6) is -0.342. The number of halogens is 1. The number of piperidine rings is 1. The average molecular weight is 265 g/mol. The number of anilines is 1. The molecule has 0 atom stereocenters. The molecule has 0 unspecified atom stereocenters. The molecule has 1 aliphatic heterocycles. The normalized spacial score (nSPS) is 17.4. The third kappa shape index (κ3) is 4.01. The number of nitrogens with zero attached hydrogens (tertiary/aromatic N) is 1. The Hall–Kier alpha value is -1.46. The summed E-state index contributed by atoms with van der Waals surface area (Å²) in [6.07, 6.45) is 1.67. The lowest BCUT2D eigenvalue weighted by molar-refractivity contribution is -0.121. The summed E-state index contributed by atoms with van der Waals surface area (Å²) in [5, 5.41) is 2.78. The van der Waals surface area contributed by atoms with Crippen LogP contribution in [0.1, 0.15) is 12.8 Å². The van der Waals surface area contributed by atoms with Crippen molar-refractivity contribution < 1.29 is 9.18 Å². The molecule has 1 aromatic rings. The van der Waals surface area contributed by atoms with Gasteiger partial charge in [-0.05, 0) is 44.1 Å². The van der Waals surface area contributed by atoms with Crippen molar-refractivity contribution in [3.8, 4) is 0 Å². The molecule has 0 aromatic heterocycles. The summed E-state index contributed by atoms with van der Waals surface area (Å²) in [5.41, 5.74) is 6.04. The SMILES string of the molecule is NCCN1CCC(C(=O)Nc2cccc(F)c2)CC1. The van der Waals surface area contributed by atoms with Crippen molar-refractivity contribution >= 4 is 11.6 Å². The van der Waals surface area contributed by atoms with Gasteiger partial charge in [-0.15, -0.1) is 0 Å². The molecule has 1 saturated heterocycles. The molecule has 1 fully saturated rings. The lowest BCUT2D eigenvalue weighted by Crippen LogP contribution is -2.40. The number of hydrogen-bond donors (Lipinski definition) is 2. The van der Waals surface area contributed by atoms with Gasteiger partial charge in [0.25, 0.3) is 0 Å². The van der Waals surface area contributed by atoms with E-state index < -0.39 is 0 Å². The van der Waals surface area contributed by atoms with Gasteiger partial charge in [0.05, 0.1) is 0 Å². The number of likely N-dealkylation sites (tertiary alicyclic amines) is 1. The zero-order valence-corrected chi connectivity index (χ0v) is 10.9. The fraction of sp³-hybridized carbons (Fsp3) is 0.500. The fourth-order valence-corrected chi connectivity index (χ4v) is 2.41. The zero-order chi connectivity index (χ0) is 13.7. The Morgan fingerprint density at radius 3 is 2.79 bits per heavy atom. The van der Waals surface area contributed by atoms with E-state index in [-0.39, 0.29) is 17.6 Å². The molecule has 1 amide bonds. The summed E-state index contributed by atoms with van der Waals surface area (Å²) in [4.78, 5) is 14.3. The van der Waals surface area contributed by atoms with E-state index in [9.17, 15) is 9.18 Å². The highest BCUT2D eigenvalue weighted by molar-refractivity contribution is 5.92. The molecule has 104 valence electrons. The van der Waals surface area contributed by atoms with Crippen LogP contribution in [-0.4, -0.2) is 37.0 Å². The van der Waals surface area contributed by atoms with Crippen LogP contribution < -0.4 is 11.1 Å². The smallest absolute Gasteiger partial charge is 0.227 e. The van der Waals surface area contributed by atoms with Crippen molar-refractivity contribution in [1.82, 2.24) is 4.90 Å². The van der Waals surface area contributed by atoms with Gasteiger partial charge in [0, 0.05) is 24.7 Å². The summed E-state index contributed by atoms with van der Waals surface area (Å²) in [6.45, 7) is 3.34. The van der Waals surface area contributed by atoms with Gasteiger partial charge in [0.2, 0.25) is 5.91 Å². The Kier molecular flexibility index (Phi) is 4.87. The van der Waals surface area contributed by atoms with Crippen LogP contribution in [0.15, 0.2) is 24.3 Å². The Morgan fingerprint density at radius 2 is 2.16 bits per heavy atom. The van der Waals surface area contributed by atoms with Crippen LogP contribution >= 0.6 is 0 Å². The molecular formula is C14H20FN3O. The molecule has 0 spiro atoms. The van der Waals surface area contributed by atoms with Gasteiger partial charge in [0.15, 0.2) is 0 Å². The Morgan fingerprint density at radius 1 is 1.42 bits per heavy atom. The second-order valence-corrected chi connectivity index (χ2v) is 4.90. The van der Waals surface area contributed by atoms with Crippen LogP contribution in [0.3, 0.4) is 0 Å². The molecule has 1 aromatic carbocycles. The van der Waals surface area contributed by atoms with Gasteiger partial charge >= 0.3 is 0 Å². The van der Waals surface area contributed by atoms with Gasteiger partial charge in [0.1, 0.15) is 5.82 Å². The Bertz CT molecular complexity index is 430. The van der Waals surface area contributed by atoms with Gasteiger partial charge in [-0.2, -0.15) is 0 Å². The molecule has 1 heterocycles. The summed E-state index contributed by atoms with van der Waals surface area (Å²) < 4.78 is 13.0. The average Bonchev–Trinajstić information content (AvgIpc) is 2.40. The molecule has 5 heteroatoms. The van der Waals surface area contributed by atoms with Crippen LogP contribution in [0.4, 0.5) is 10.1 Å². The topological polar surface area (TPSA) is 58.4 Å². The molecule has 0 radical (unpaired) electrons. The maximum atomic E-state index is 13.0. The predicted octanol–water partition coefficient (Wildman–Crippen LogP) is 1.43. The number of nitrogens with two attached hydrogens (primary N) is 1. The minimum Gasteiger partial charge on any atom is -0.329 e. The molecule has 2 rings (SSSR count). The number of hydrogen-bond acceptors (Lipinski definition) is 3. The number of benzene rings is 1. The minimum absolute atomic E-state index is 0.0114. The van der Waals surface area contributed by atoms with E-state index >= 15 is 0 Å². The number of nitrogens with one attached hydrogen (secondary N) is 1. The molecule has 3 N–H and O–H groups in total. The standard InChI is InChI=1S/C14H20FN3O/c15-12-2-1-3-13(10-12)17-14(19)11-4-7-18(8-5-11)9-6-16/h1-3,10-11H,4-9,16H2,(H,17,19). The van der Waals surface area contributed by atoms with E-state index in [4.69, 9.17) is 5.73 Å². The van der Waals surface area contributed by atoms with E-state index in [1.54, 1.807) is 12.1 Å². The predicted molar refractivity (Wildman–Crippen MR) is 73.2 cm³/mol. The van der Waals surface area contributed by atoms with E-state index in [0.717, 1.165) is 32.5 Å². The van der Waals surface area contributed by atoms with Crippen LogP contribution in [-0.2, 0) is 4.79 Å². The molecule has 19 heavy (non-hydrogen) atoms.